The van der Waals surface area contributed by atoms with Gasteiger partial charge in [0.15, 0.2) is 0 Å². The summed E-state index contributed by atoms with van der Waals surface area (Å²) in [5.74, 6) is -0.651. The monoisotopic (exact) mass is 507 g/mol. The minimum atomic E-state index is -0.642. The van der Waals surface area contributed by atoms with Gasteiger partial charge in [-0.25, -0.2) is 9.59 Å². The number of aromatic amines is 1. The van der Waals surface area contributed by atoms with Crippen molar-refractivity contribution < 1.29 is 28.6 Å². The molecule has 2 amide bonds. The zero-order chi connectivity index (χ0) is 24.8. The van der Waals surface area contributed by atoms with Gasteiger partial charge in [-0.1, -0.05) is 23.2 Å². The van der Waals surface area contributed by atoms with Crippen LogP contribution in [0.15, 0.2) is 36.4 Å². The number of H-pyrrole nitrogens is 1. The standard InChI is InChI=1S/C23H23Cl2N3O6/c1-4-34-22(30)21-16(20-17(25)9-13(24)10-18(20)27-21)11-28(12-19(29)33-3)23(31)26-14-5-7-15(32-2)8-6-14/h5-10,27H,4,11-12H2,1-3H3,(H,26,31). The Morgan fingerprint density at radius 1 is 1.09 bits per heavy atom. The van der Waals surface area contributed by atoms with E-state index in [1.165, 1.54) is 25.2 Å². The molecule has 0 unspecified atom stereocenters. The van der Waals surface area contributed by atoms with E-state index in [2.05, 4.69) is 10.3 Å². The summed E-state index contributed by atoms with van der Waals surface area (Å²) in [6, 6.07) is 9.22. The van der Waals surface area contributed by atoms with Gasteiger partial charge in [0.2, 0.25) is 0 Å². The lowest BCUT2D eigenvalue weighted by Crippen LogP contribution is -2.39. The van der Waals surface area contributed by atoms with Gasteiger partial charge in [-0.15, -0.1) is 0 Å². The number of nitrogens with one attached hydrogen (secondary N) is 2. The van der Waals surface area contributed by atoms with Crippen LogP contribution in [-0.2, 0) is 20.8 Å². The first-order chi connectivity index (χ1) is 16.3. The van der Waals surface area contributed by atoms with Crippen LogP contribution in [0.4, 0.5) is 10.5 Å². The molecule has 1 heterocycles. The average molecular weight is 508 g/mol. The van der Waals surface area contributed by atoms with Crippen molar-refractivity contribution in [2.45, 2.75) is 13.5 Å². The fourth-order valence-corrected chi connectivity index (χ4v) is 3.94. The Hall–Kier alpha value is -3.43. The van der Waals surface area contributed by atoms with Crippen molar-refractivity contribution in [2.75, 3.05) is 32.7 Å². The number of carbonyl (C=O) groups is 3. The highest BCUT2D eigenvalue weighted by molar-refractivity contribution is 6.39. The van der Waals surface area contributed by atoms with Crippen LogP contribution in [-0.4, -0.2) is 55.2 Å². The molecule has 0 spiro atoms. The Labute approximate surface area is 205 Å². The predicted molar refractivity (Wildman–Crippen MR) is 129 cm³/mol. The van der Waals surface area contributed by atoms with Crippen LogP contribution in [0.25, 0.3) is 10.9 Å². The molecule has 34 heavy (non-hydrogen) atoms. The fraction of sp³-hybridized carbons (Fsp3) is 0.261. The zero-order valence-corrected chi connectivity index (χ0v) is 20.2. The largest absolute Gasteiger partial charge is 0.497 e. The Morgan fingerprint density at radius 2 is 1.79 bits per heavy atom. The molecule has 2 aromatic carbocycles. The molecule has 2 N–H and O–H groups in total. The molecule has 11 heteroatoms. The summed E-state index contributed by atoms with van der Waals surface area (Å²) in [6.07, 6.45) is 0. The highest BCUT2D eigenvalue weighted by Crippen LogP contribution is 2.34. The van der Waals surface area contributed by atoms with E-state index >= 15 is 0 Å². The maximum atomic E-state index is 13.1. The molecule has 180 valence electrons. The van der Waals surface area contributed by atoms with Crippen LogP contribution in [0.2, 0.25) is 10.0 Å². The molecular weight excluding hydrogens is 485 g/mol. The predicted octanol–water partition coefficient (Wildman–Crippen LogP) is 4.87. The highest BCUT2D eigenvalue weighted by Gasteiger charge is 2.26. The van der Waals surface area contributed by atoms with Crippen molar-refractivity contribution in [1.82, 2.24) is 9.88 Å². The summed E-state index contributed by atoms with van der Waals surface area (Å²) in [6.45, 7) is 1.30. The molecule has 1 aromatic heterocycles. The van der Waals surface area contributed by atoms with E-state index in [1.807, 2.05) is 0 Å². The average Bonchev–Trinajstić information content (AvgIpc) is 3.17. The van der Waals surface area contributed by atoms with Crippen molar-refractivity contribution >= 4 is 57.8 Å². The smallest absolute Gasteiger partial charge is 0.355 e. The number of ether oxygens (including phenoxy) is 3. The number of carbonyl (C=O) groups excluding carboxylic acids is 3. The third-order valence-electron chi connectivity index (χ3n) is 4.92. The van der Waals surface area contributed by atoms with Crippen LogP contribution in [0, 0.1) is 0 Å². The Kier molecular flexibility index (Phi) is 8.25. The van der Waals surface area contributed by atoms with Crippen molar-refractivity contribution in [3.8, 4) is 5.75 Å². The molecule has 0 fully saturated rings. The first-order valence-electron chi connectivity index (χ1n) is 10.2. The summed E-state index contributed by atoms with van der Waals surface area (Å²) < 4.78 is 15.0. The molecule has 0 saturated heterocycles. The Bertz CT molecular complexity index is 1210. The molecule has 0 aliphatic rings. The minimum Gasteiger partial charge on any atom is -0.497 e. The molecule has 0 saturated carbocycles. The Morgan fingerprint density at radius 3 is 2.41 bits per heavy atom. The molecule has 0 atom stereocenters. The van der Waals surface area contributed by atoms with Gasteiger partial charge in [0.25, 0.3) is 0 Å². The van der Waals surface area contributed by atoms with Crippen molar-refractivity contribution in [2.24, 2.45) is 0 Å². The number of aromatic nitrogens is 1. The SMILES string of the molecule is CCOC(=O)c1[nH]c2cc(Cl)cc(Cl)c2c1CN(CC(=O)OC)C(=O)Nc1ccc(OC)cc1. The molecule has 9 nitrogen and oxygen atoms in total. The zero-order valence-electron chi connectivity index (χ0n) is 18.7. The Balaban J connectivity index is 2.01. The first-order valence-corrected chi connectivity index (χ1v) is 11.0. The van der Waals surface area contributed by atoms with Gasteiger partial charge < -0.3 is 29.4 Å². The number of amides is 2. The van der Waals surface area contributed by atoms with Crippen molar-refractivity contribution in [3.05, 3.63) is 57.7 Å². The van der Waals surface area contributed by atoms with Crippen LogP contribution in [0.1, 0.15) is 23.0 Å². The lowest BCUT2D eigenvalue weighted by molar-refractivity contribution is -0.141. The molecule has 0 aliphatic carbocycles. The van der Waals surface area contributed by atoms with Gasteiger partial charge in [0, 0.05) is 27.2 Å². The van der Waals surface area contributed by atoms with E-state index in [0.717, 1.165) is 0 Å². The number of hydrogen-bond donors (Lipinski definition) is 2. The molecule has 0 bridgehead atoms. The van der Waals surface area contributed by atoms with Gasteiger partial charge in [0.05, 0.1) is 32.4 Å². The van der Waals surface area contributed by atoms with E-state index < -0.39 is 18.0 Å². The number of anilines is 1. The van der Waals surface area contributed by atoms with Crippen LogP contribution < -0.4 is 10.1 Å². The molecule has 3 aromatic rings. The molecular formula is C23H23Cl2N3O6. The lowest BCUT2D eigenvalue weighted by atomic mass is 10.1. The number of rotatable bonds is 8. The second-order valence-corrected chi connectivity index (χ2v) is 7.94. The number of benzene rings is 2. The van der Waals surface area contributed by atoms with E-state index in [-0.39, 0.29) is 30.4 Å². The fourth-order valence-electron chi connectivity index (χ4n) is 3.34. The number of fused-ring (bicyclic) bond motifs is 1. The van der Waals surface area contributed by atoms with E-state index in [4.69, 9.17) is 37.4 Å². The lowest BCUT2D eigenvalue weighted by Gasteiger charge is -2.22. The summed E-state index contributed by atoms with van der Waals surface area (Å²) >= 11 is 12.6. The highest BCUT2D eigenvalue weighted by atomic mass is 35.5. The van der Waals surface area contributed by atoms with Gasteiger partial charge in [-0.05, 0) is 43.3 Å². The van der Waals surface area contributed by atoms with E-state index in [0.29, 0.717) is 32.9 Å². The number of hydrogen-bond acceptors (Lipinski definition) is 6. The minimum absolute atomic E-state index is 0.105. The third kappa shape index (κ3) is 5.73. The van der Waals surface area contributed by atoms with Crippen LogP contribution >= 0.6 is 23.2 Å². The molecule has 0 radical (unpaired) electrons. The van der Waals surface area contributed by atoms with Crippen molar-refractivity contribution in [1.29, 1.82) is 0 Å². The second kappa shape index (κ2) is 11.1. The summed E-state index contributed by atoms with van der Waals surface area (Å²) in [7, 11) is 2.75. The first kappa shape index (κ1) is 25.2. The normalized spacial score (nSPS) is 10.6. The maximum absolute atomic E-state index is 13.1. The van der Waals surface area contributed by atoms with Gasteiger partial charge in [-0.3, -0.25) is 4.79 Å². The molecule has 3 rings (SSSR count). The second-order valence-electron chi connectivity index (χ2n) is 7.10. The van der Waals surface area contributed by atoms with Gasteiger partial charge in [0.1, 0.15) is 18.0 Å². The molecule has 0 aliphatic heterocycles. The summed E-state index contributed by atoms with van der Waals surface area (Å²) in [4.78, 5) is 42.0. The van der Waals surface area contributed by atoms with E-state index in [1.54, 1.807) is 37.3 Å². The number of esters is 2. The topological polar surface area (TPSA) is 110 Å². The summed E-state index contributed by atoms with van der Waals surface area (Å²) in [5, 5.41) is 3.85. The van der Waals surface area contributed by atoms with Crippen LogP contribution in [0.3, 0.4) is 0 Å². The number of halogens is 2. The van der Waals surface area contributed by atoms with Crippen molar-refractivity contribution in [3.63, 3.8) is 0 Å². The van der Waals surface area contributed by atoms with Gasteiger partial charge >= 0.3 is 18.0 Å². The van der Waals surface area contributed by atoms with E-state index in [9.17, 15) is 14.4 Å². The number of urea groups is 1. The maximum Gasteiger partial charge on any atom is 0.355 e. The summed E-state index contributed by atoms with van der Waals surface area (Å²) in [5.41, 5.74) is 1.45. The van der Waals surface area contributed by atoms with Gasteiger partial charge in [-0.2, -0.15) is 0 Å². The number of nitrogens with zero attached hydrogens (tertiary/aromatic N) is 1. The third-order valence-corrected chi connectivity index (χ3v) is 5.44. The quantitative estimate of drug-likeness (QED) is 0.421. The number of methoxy groups -OCH3 is 2. The van der Waals surface area contributed by atoms with Crippen LogP contribution in [0.5, 0.6) is 5.75 Å².